The topological polar surface area (TPSA) is 0 Å². The van der Waals surface area contributed by atoms with Gasteiger partial charge in [-0.25, -0.2) is 0 Å². The molecule has 1 heteroatoms. The Bertz CT molecular complexity index is 1450. The minimum absolute atomic E-state index is 0.619. The molecule has 0 N–H and O–H groups in total. The summed E-state index contributed by atoms with van der Waals surface area (Å²) < 4.78 is 1.24. The first-order chi connectivity index (χ1) is 17.8. The second-order valence-electron chi connectivity index (χ2n) is 11.2. The molecule has 2 aliphatic carbocycles. The number of rotatable bonds is 4. The molecule has 0 aromatic heterocycles. The first kappa shape index (κ1) is 24.6. The standard InChI is InChI=1S/2C18H17.Zr/c2*1-12-7-13(2)10-16(9-12)17-6-4-5-15-8-14(3)11-18(15)17;/h2*4-11H,1-3H3;. The Labute approximate surface area is 233 Å². The molecule has 0 bridgehead atoms. The normalized spacial score (nSPS) is 17.8. The van der Waals surface area contributed by atoms with Crippen LogP contribution in [0, 0.1) is 27.7 Å². The van der Waals surface area contributed by atoms with Gasteiger partial charge in [0, 0.05) is 0 Å². The molecule has 0 fully saturated rings. The van der Waals surface area contributed by atoms with Crippen LogP contribution in [-0.2, 0) is 23.2 Å². The molecule has 0 heterocycles. The van der Waals surface area contributed by atoms with Gasteiger partial charge in [0.2, 0.25) is 0 Å². The van der Waals surface area contributed by atoms with Gasteiger partial charge in [0.05, 0.1) is 0 Å². The van der Waals surface area contributed by atoms with Crippen molar-refractivity contribution in [3.05, 3.63) is 128 Å². The molecule has 4 aromatic carbocycles. The van der Waals surface area contributed by atoms with Gasteiger partial charge in [-0.2, -0.15) is 0 Å². The quantitative estimate of drug-likeness (QED) is 0.234. The fraction of sp³-hybridized carbons (Fsp3) is 0.222. The van der Waals surface area contributed by atoms with Gasteiger partial charge in [0.25, 0.3) is 0 Å². The molecule has 37 heavy (non-hydrogen) atoms. The average Bonchev–Trinajstić information content (AvgIpc) is 3.33. The van der Waals surface area contributed by atoms with E-state index in [2.05, 4.69) is 126 Å². The summed E-state index contributed by atoms with van der Waals surface area (Å²) in [6.45, 7) is 13.6. The van der Waals surface area contributed by atoms with E-state index in [1.165, 1.54) is 55.6 Å². The van der Waals surface area contributed by atoms with Gasteiger partial charge in [0.1, 0.15) is 0 Å². The van der Waals surface area contributed by atoms with E-state index in [0.717, 1.165) is 0 Å². The fourth-order valence-corrected chi connectivity index (χ4v) is 11.1. The first-order valence-electron chi connectivity index (χ1n) is 13.3. The van der Waals surface area contributed by atoms with Crippen LogP contribution in [0.2, 0.25) is 0 Å². The zero-order valence-electron chi connectivity index (χ0n) is 22.7. The number of aryl methyl sites for hydroxylation is 4. The van der Waals surface area contributed by atoms with Crippen molar-refractivity contribution >= 4 is 12.2 Å². The van der Waals surface area contributed by atoms with E-state index in [-0.39, 0.29) is 0 Å². The molecule has 0 amide bonds. The maximum atomic E-state index is 2.49. The zero-order chi connectivity index (χ0) is 25.8. The molecular weight excluding hydrogens is 524 g/mol. The molecule has 0 saturated carbocycles. The molecule has 182 valence electrons. The maximum absolute atomic E-state index is 2.49. The van der Waals surface area contributed by atoms with E-state index in [4.69, 9.17) is 0 Å². The summed E-state index contributed by atoms with van der Waals surface area (Å²) in [5.41, 5.74) is 20.0. The van der Waals surface area contributed by atoms with Crippen molar-refractivity contribution in [2.45, 2.75) is 48.8 Å². The Morgan fingerprint density at radius 2 is 0.865 bits per heavy atom. The first-order valence-corrected chi connectivity index (χ1v) is 16.2. The van der Waals surface area contributed by atoms with Crippen LogP contribution < -0.4 is 0 Å². The number of fused-ring (bicyclic) bond motifs is 2. The Balaban J connectivity index is 1.37. The van der Waals surface area contributed by atoms with E-state index in [1.54, 1.807) is 22.3 Å². The van der Waals surface area contributed by atoms with Gasteiger partial charge in [0.15, 0.2) is 0 Å². The Morgan fingerprint density at radius 1 is 0.486 bits per heavy atom. The van der Waals surface area contributed by atoms with Crippen molar-refractivity contribution in [2.24, 2.45) is 0 Å². The van der Waals surface area contributed by atoms with Crippen LogP contribution in [-0.4, -0.2) is 0 Å². The second-order valence-corrected chi connectivity index (χ2v) is 14.8. The molecule has 0 nitrogen and oxygen atoms in total. The third kappa shape index (κ3) is 4.47. The third-order valence-corrected chi connectivity index (χ3v) is 13.4. The van der Waals surface area contributed by atoms with Gasteiger partial charge in [-0.3, -0.25) is 0 Å². The number of benzene rings is 4. The predicted octanol–water partition coefficient (Wildman–Crippen LogP) is 9.95. The van der Waals surface area contributed by atoms with E-state index in [0.29, 0.717) is 7.25 Å². The van der Waals surface area contributed by atoms with Gasteiger partial charge in [-0.1, -0.05) is 0 Å². The zero-order valence-corrected chi connectivity index (χ0v) is 25.2. The van der Waals surface area contributed by atoms with Crippen LogP contribution in [0.4, 0.5) is 0 Å². The van der Waals surface area contributed by atoms with Crippen molar-refractivity contribution in [1.82, 2.24) is 0 Å². The summed E-state index contributed by atoms with van der Waals surface area (Å²) in [5, 5.41) is 0. The summed E-state index contributed by atoms with van der Waals surface area (Å²) in [5.74, 6) is 0. The fourth-order valence-electron chi connectivity index (χ4n) is 6.48. The van der Waals surface area contributed by atoms with E-state index in [9.17, 15) is 0 Å². The minimum atomic E-state index is -0.873. The van der Waals surface area contributed by atoms with Crippen molar-refractivity contribution in [3.8, 4) is 22.3 Å². The molecule has 2 unspecified atom stereocenters. The van der Waals surface area contributed by atoms with Gasteiger partial charge < -0.3 is 0 Å². The summed E-state index contributed by atoms with van der Waals surface area (Å²) in [6.07, 6.45) is 4.99. The summed E-state index contributed by atoms with van der Waals surface area (Å²) in [6, 6.07) is 27.9. The SMILES string of the molecule is CC1=Cc2c(-c3cc(C)cc(C)c3)cccc2[CH]1[Zr][CH]1C(C)=Cc2c(-c3cc(C)cc(C)c3)cccc21. The molecular formula is C36H34Zr. The Morgan fingerprint density at radius 3 is 1.24 bits per heavy atom. The second kappa shape index (κ2) is 9.52. The van der Waals surface area contributed by atoms with Crippen molar-refractivity contribution in [1.29, 1.82) is 0 Å². The van der Waals surface area contributed by atoms with Crippen LogP contribution in [0.1, 0.15) is 65.6 Å². The van der Waals surface area contributed by atoms with Gasteiger partial charge in [-0.05, 0) is 0 Å². The molecule has 6 rings (SSSR count). The molecule has 0 spiro atoms. The van der Waals surface area contributed by atoms with Crippen LogP contribution in [0.5, 0.6) is 0 Å². The molecule has 0 aliphatic heterocycles. The predicted molar refractivity (Wildman–Crippen MR) is 155 cm³/mol. The molecule has 4 aromatic rings. The van der Waals surface area contributed by atoms with E-state index in [1.807, 2.05) is 0 Å². The summed E-state index contributed by atoms with van der Waals surface area (Å²) in [7, 11) is 0. The van der Waals surface area contributed by atoms with Crippen LogP contribution in [0.15, 0.2) is 83.9 Å². The summed E-state index contributed by atoms with van der Waals surface area (Å²) >= 11 is -0.873. The monoisotopic (exact) mass is 556 g/mol. The molecule has 0 saturated heterocycles. The third-order valence-electron chi connectivity index (χ3n) is 7.96. The molecule has 0 radical (unpaired) electrons. The van der Waals surface area contributed by atoms with Gasteiger partial charge >= 0.3 is 235 Å². The average molecular weight is 558 g/mol. The Hall–Kier alpha value is -2.76. The van der Waals surface area contributed by atoms with E-state index >= 15 is 0 Å². The number of hydrogen-bond acceptors (Lipinski definition) is 0. The number of hydrogen-bond donors (Lipinski definition) is 0. The van der Waals surface area contributed by atoms with Crippen molar-refractivity contribution in [2.75, 3.05) is 0 Å². The van der Waals surface area contributed by atoms with Crippen molar-refractivity contribution < 1.29 is 23.2 Å². The Kier molecular flexibility index (Phi) is 6.32. The molecule has 2 aliphatic rings. The van der Waals surface area contributed by atoms with Gasteiger partial charge in [-0.15, -0.1) is 0 Å². The summed E-state index contributed by atoms with van der Waals surface area (Å²) in [4.78, 5) is 0. The van der Waals surface area contributed by atoms with Crippen LogP contribution >= 0.6 is 0 Å². The van der Waals surface area contributed by atoms with Crippen LogP contribution in [0.3, 0.4) is 0 Å². The van der Waals surface area contributed by atoms with Crippen molar-refractivity contribution in [3.63, 3.8) is 0 Å². The van der Waals surface area contributed by atoms with Crippen LogP contribution in [0.25, 0.3) is 34.4 Å². The van der Waals surface area contributed by atoms with E-state index < -0.39 is 23.2 Å². The number of allylic oxidation sites excluding steroid dienone is 2. The molecule has 2 atom stereocenters.